The molecule has 0 amide bonds. The summed E-state index contributed by atoms with van der Waals surface area (Å²) in [6, 6.07) is 10.6. The second-order valence-corrected chi connectivity index (χ2v) is 5.67. The number of anilines is 1. The lowest BCUT2D eigenvalue weighted by atomic mass is 10.1. The molecule has 2 aromatic rings. The lowest BCUT2D eigenvalue weighted by Crippen LogP contribution is -2.05. The van der Waals surface area contributed by atoms with Crippen LogP contribution in [-0.4, -0.2) is 14.5 Å². The molecule has 0 fully saturated rings. The van der Waals surface area contributed by atoms with Gasteiger partial charge in [-0.05, 0) is 41.3 Å². The van der Waals surface area contributed by atoms with Gasteiger partial charge < -0.3 is 15.9 Å². The van der Waals surface area contributed by atoms with E-state index in [0.29, 0.717) is 0 Å². The van der Waals surface area contributed by atoms with Gasteiger partial charge >= 0.3 is 0 Å². The van der Waals surface area contributed by atoms with E-state index in [1.165, 1.54) is 23.6 Å². The molecule has 0 radical (unpaired) electrons. The van der Waals surface area contributed by atoms with Gasteiger partial charge in [-0.15, -0.1) is 0 Å². The van der Waals surface area contributed by atoms with Crippen LogP contribution in [0.25, 0.3) is 0 Å². The Balaban J connectivity index is 1.79. The van der Waals surface area contributed by atoms with Crippen LogP contribution in [-0.2, 0) is 13.1 Å². The molecule has 0 spiro atoms. The maximum absolute atomic E-state index is 9.79. The van der Waals surface area contributed by atoms with Crippen LogP contribution in [0.2, 0.25) is 0 Å². The van der Waals surface area contributed by atoms with Crippen LogP contribution >= 0.6 is 11.9 Å². The molecule has 19 heavy (non-hydrogen) atoms. The summed E-state index contributed by atoms with van der Waals surface area (Å²) in [5.41, 5.74) is 9.16. The van der Waals surface area contributed by atoms with Crippen LogP contribution < -0.4 is 5.73 Å². The topological polar surface area (TPSA) is 69.7 Å². The molecule has 0 unspecified atom stereocenters. The van der Waals surface area contributed by atoms with Gasteiger partial charge in [0.2, 0.25) is 0 Å². The normalized spacial score (nSPS) is 14.5. The van der Waals surface area contributed by atoms with Gasteiger partial charge in [-0.1, -0.05) is 12.1 Å². The van der Waals surface area contributed by atoms with Crippen molar-refractivity contribution in [3.05, 3.63) is 47.5 Å². The minimum Gasteiger partial charge on any atom is -0.508 e. The molecule has 5 heteroatoms. The molecule has 4 nitrogen and oxygen atoms in total. The van der Waals surface area contributed by atoms with Gasteiger partial charge in [0.1, 0.15) is 11.5 Å². The lowest BCUT2D eigenvalue weighted by molar-refractivity contribution is 0.439. The smallest absolute Gasteiger partial charge is 0.134 e. The Labute approximate surface area is 115 Å². The number of hydrogen-bond donors (Lipinski definition) is 3. The number of nitrogens with zero attached hydrogens (tertiary/aromatic N) is 1. The fourth-order valence-electron chi connectivity index (χ4n) is 2.20. The average molecular weight is 274 g/mol. The molecule has 98 valence electrons. The summed E-state index contributed by atoms with van der Waals surface area (Å²) in [4.78, 5) is 0.726. The highest BCUT2D eigenvalue weighted by atomic mass is 32.2. The van der Waals surface area contributed by atoms with E-state index in [4.69, 9.17) is 5.73 Å². The summed E-state index contributed by atoms with van der Waals surface area (Å²) in [5, 5.41) is 19.1. The van der Waals surface area contributed by atoms with Crippen LogP contribution in [0.5, 0.6) is 11.5 Å². The van der Waals surface area contributed by atoms with E-state index in [1.54, 1.807) is 12.1 Å². The summed E-state index contributed by atoms with van der Waals surface area (Å²) in [7, 11) is 0. The van der Waals surface area contributed by atoms with Crippen molar-refractivity contribution in [1.82, 2.24) is 4.31 Å². The zero-order chi connectivity index (χ0) is 13.4. The minimum atomic E-state index is 0.0656. The SMILES string of the molecule is Nc1cccc2c1CN(Sc1ccc(O)cc1O)C2. The molecule has 4 N–H and O–H groups in total. The maximum atomic E-state index is 9.79. The number of phenolic OH excluding ortho intramolecular Hbond substituents is 2. The molecule has 2 aromatic carbocycles. The number of fused-ring (bicyclic) bond motifs is 1. The highest BCUT2D eigenvalue weighted by Gasteiger charge is 2.22. The van der Waals surface area contributed by atoms with Crippen molar-refractivity contribution in [2.24, 2.45) is 0 Å². The van der Waals surface area contributed by atoms with Crippen LogP contribution in [0.1, 0.15) is 11.1 Å². The second-order valence-electron chi connectivity index (χ2n) is 4.53. The highest BCUT2D eigenvalue weighted by molar-refractivity contribution is 7.97. The first-order valence-electron chi connectivity index (χ1n) is 5.94. The van der Waals surface area contributed by atoms with Crippen LogP contribution in [0.4, 0.5) is 5.69 Å². The van der Waals surface area contributed by atoms with Gasteiger partial charge in [-0.25, -0.2) is 4.31 Å². The van der Waals surface area contributed by atoms with E-state index in [2.05, 4.69) is 10.4 Å². The Morgan fingerprint density at radius 3 is 2.68 bits per heavy atom. The standard InChI is InChI=1S/C14H14N2O2S/c15-12-3-1-2-9-7-16(8-11(9)12)19-14-5-4-10(17)6-13(14)18/h1-6,17-18H,7-8,15H2. The molecule has 3 rings (SSSR count). The van der Waals surface area contributed by atoms with E-state index in [-0.39, 0.29) is 11.5 Å². The molecule has 0 saturated heterocycles. The predicted molar refractivity (Wildman–Crippen MR) is 75.7 cm³/mol. The molecule has 1 aliphatic heterocycles. The molecule has 1 aliphatic rings. The van der Waals surface area contributed by atoms with E-state index in [0.717, 1.165) is 29.2 Å². The summed E-state index contributed by atoms with van der Waals surface area (Å²) in [6.07, 6.45) is 0. The molecule has 0 bridgehead atoms. The molecular weight excluding hydrogens is 260 g/mol. The third-order valence-electron chi connectivity index (χ3n) is 3.16. The largest absolute Gasteiger partial charge is 0.508 e. The first-order chi connectivity index (χ1) is 9.13. The third-order valence-corrected chi connectivity index (χ3v) is 4.22. The van der Waals surface area contributed by atoms with E-state index in [9.17, 15) is 10.2 Å². The maximum Gasteiger partial charge on any atom is 0.134 e. The number of rotatable bonds is 2. The number of aromatic hydroxyl groups is 2. The van der Waals surface area contributed by atoms with E-state index >= 15 is 0 Å². The number of nitrogen functional groups attached to an aromatic ring is 1. The number of nitrogens with two attached hydrogens (primary N) is 1. The first kappa shape index (κ1) is 12.2. The van der Waals surface area contributed by atoms with Gasteiger partial charge in [0.05, 0.1) is 4.90 Å². The molecule has 0 aliphatic carbocycles. The summed E-state index contributed by atoms with van der Waals surface area (Å²) < 4.78 is 2.13. The van der Waals surface area contributed by atoms with Crippen LogP contribution in [0.3, 0.4) is 0 Å². The highest BCUT2D eigenvalue weighted by Crippen LogP contribution is 2.39. The van der Waals surface area contributed by atoms with Crippen LogP contribution in [0, 0.1) is 0 Å². The average Bonchev–Trinajstić information content (AvgIpc) is 2.77. The summed E-state index contributed by atoms with van der Waals surface area (Å²) >= 11 is 1.47. The Hall–Kier alpha value is -1.85. The third kappa shape index (κ3) is 2.34. The fourth-order valence-corrected chi connectivity index (χ4v) is 3.16. The van der Waals surface area contributed by atoms with Crippen molar-refractivity contribution in [3.8, 4) is 11.5 Å². The van der Waals surface area contributed by atoms with Crippen LogP contribution in [0.15, 0.2) is 41.3 Å². The zero-order valence-electron chi connectivity index (χ0n) is 10.2. The van der Waals surface area contributed by atoms with Crippen molar-refractivity contribution in [2.75, 3.05) is 5.73 Å². The number of hydrogen-bond acceptors (Lipinski definition) is 5. The molecule has 0 atom stereocenters. The zero-order valence-corrected chi connectivity index (χ0v) is 11.0. The van der Waals surface area contributed by atoms with Crippen molar-refractivity contribution < 1.29 is 10.2 Å². The quantitative estimate of drug-likeness (QED) is 0.580. The monoisotopic (exact) mass is 274 g/mol. The van der Waals surface area contributed by atoms with Crippen molar-refractivity contribution in [1.29, 1.82) is 0 Å². The first-order valence-corrected chi connectivity index (χ1v) is 6.72. The Morgan fingerprint density at radius 1 is 1.11 bits per heavy atom. The van der Waals surface area contributed by atoms with Gasteiger partial charge in [0, 0.05) is 24.8 Å². The molecule has 0 aromatic heterocycles. The second kappa shape index (κ2) is 4.68. The van der Waals surface area contributed by atoms with Crippen molar-refractivity contribution in [2.45, 2.75) is 18.0 Å². The number of benzene rings is 2. The molecule has 0 saturated carbocycles. The van der Waals surface area contributed by atoms with Gasteiger partial charge in [0.15, 0.2) is 0 Å². The minimum absolute atomic E-state index is 0.0656. The van der Waals surface area contributed by atoms with Gasteiger partial charge in [0.25, 0.3) is 0 Å². The Kier molecular flexibility index (Phi) is 3.00. The van der Waals surface area contributed by atoms with Crippen molar-refractivity contribution in [3.63, 3.8) is 0 Å². The van der Waals surface area contributed by atoms with Gasteiger partial charge in [-0.3, -0.25) is 0 Å². The predicted octanol–water partition coefficient (Wildman–Crippen LogP) is 2.70. The lowest BCUT2D eigenvalue weighted by Gasteiger charge is -2.14. The van der Waals surface area contributed by atoms with E-state index < -0.39 is 0 Å². The Morgan fingerprint density at radius 2 is 1.95 bits per heavy atom. The summed E-state index contributed by atoms with van der Waals surface area (Å²) in [5.74, 6) is 0.157. The molecule has 1 heterocycles. The van der Waals surface area contributed by atoms with E-state index in [1.807, 2.05) is 12.1 Å². The molecular formula is C14H14N2O2S. The van der Waals surface area contributed by atoms with Gasteiger partial charge in [-0.2, -0.15) is 0 Å². The van der Waals surface area contributed by atoms with Crippen molar-refractivity contribution >= 4 is 17.6 Å². The number of phenols is 2. The fraction of sp³-hybridized carbons (Fsp3) is 0.143. The Bertz CT molecular complexity index is 631. The summed E-state index contributed by atoms with van der Waals surface area (Å²) in [6.45, 7) is 1.55.